The Morgan fingerprint density at radius 1 is 1.45 bits per heavy atom. The number of nitrogens with two attached hydrogens (primary N) is 1. The quantitative estimate of drug-likeness (QED) is 0.795. The van der Waals surface area contributed by atoms with Gasteiger partial charge < -0.3 is 10.5 Å². The van der Waals surface area contributed by atoms with E-state index in [1.807, 2.05) is 18.2 Å². The van der Waals surface area contributed by atoms with Crippen molar-refractivity contribution in [3.63, 3.8) is 0 Å². The average Bonchev–Trinajstić information content (AvgIpc) is 2.77. The van der Waals surface area contributed by atoms with Gasteiger partial charge in [0.2, 0.25) is 0 Å². The summed E-state index contributed by atoms with van der Waals surface area (Å²) in [6, 6.07) is 5.55. The van der Waals surface area contributed by atoms with Crippen LogP contribution in [0.5, 0.6) is 5.75 Å². The minimum absolute atomic E-state index is 0.175. The minimum Gasteiger partial charge on any atom is -0.496 e. The van der Waals surface area contributed by atoms with E-state index < -0.39 is 0 Å². The van der Waals surface area contributed by atoms with Crippen LogP contribution in [-0.2, 0) is 13.6 Å². The van der Waals surface area contributed by atoms with Gasteiger partial charge in [0.05, 0.1) is 20.2 Å². The zero-order valence-corrected chi connectivity index (χ0v) is 11.5. The lowest BCUT2D eigenvalue weighted by molar-refractivity contribution is 0.407. The number of nitrogens with zero attached hydrogens (tertiary/aromatic N) is 3. The molecule has 0 spiro atoms. The molecule has 2 N–H and O–H groups in total. The Morgan fingerprint density at radius 3 is 2.85 bits per heavy atom. The maximum absolute atomic E-state index is 11.8. The summed E-state index contributed by atoms with van der Waals surface area (Å²) in [5.41, 5.74) is 6.86. The van der Waals surface area contributed by atoms with Crippen molar-refractivity contribution < 1.29 is 4.74 Å². The Hall–Kier alpha value is -2.52. The van der Waals surface area contributed by atoms with E-state index in [-0.39, 0.29) is 5.69 Å². The summed E-state index contributed by atoms with van der Waals surface area (Å²) in [4.78, 5) is 11.8. The number of aromatic nitrogens is 3. The van der Waals surface area contributed by atoms with Crippen molar-refractivity contribution >= 4 is 0 Å². The standard InChI is InChI=1S/C14H16N4O2/c1-17-10-16-18(14(17)19)9-12-8-11(4-3-7-15)5-6-13(12)20-2/h5-6,8,10H,7,9,15H2,1-2H3. The monoisotopic (exact) mass is 272 g/mol. The molecule has 0 saturated heterocycles. The van der Waals surface area contributed by atoms with Crippen molar-refractivity contribution in [1.82, 2.24) is 14.3 Å². The summed E-state index contributed by atoms with van der Waals surface area (Å²) in [5, 5.41) is 4.03. The largest absolute Gasteiger partial charge is 0.496 e. The van der Waals surface area contributed by atoms with Crippen LogP contribution in [-0.4, -0.2) is 28.0 Å². The molecule has 104 valence electrons. The molecule has 6 nitrogen and oxygen atoms in total. The molecule has 0 aliphatic heterocycles. The van der Waals surface area contributed by atoms with Gasteiger partial charge in [-0.25, -0.2) is 9.48 Å². The van der Waals surface area contributed by atoms with Gasteiger partial charge in [0.25, 0.3) is 0 Å². The first-order valence-electron chi connectivity index (χ1n) is 6.10. The molecular weight excluding hydrogens is 256 g/mol. The normalized spacial score (nSPS) is 9.95. The summed E-state index contributed by atoms with van der Waals surface area (Å²) >= 11 is 0. The van der Waals surface area contributed by atoms with Gasteiger partial charge in [0.15, 0.2) is 0 Å². The molecule has 2 aromatic rings. The summed E-state index contributed by atoms with van der Waals surface area (Å²) < 4.78 is 8.10. The molecule has 0 aliphatic carbocycles. The van der Waals surface area contributed by atoms with E-state index in [4.69, 9.17) is 10.5 Å². The molecular formula is C14H16N4O2. The molecule has 1 heterocycles. The lowest BCUT2D eigenvalue weighted by atomic mass is 10.1. The summed E-state index contributed by atoms with van der Waals surface area (Å²) in [6.07, 6.45) is 1.48. The highest BCUT2D eigenvalue weighted by atomic mass is 16.5. The van der Waals surface area contributed by atoms with Crippen molar-refractivity contribution in [3.05, 3.63) is 46.1 Å². The summed E-state index contributed by atoms with van der Waals surface area (Å²) in [7, 11) is 3.25. The molecule has 0 fully saturated rings. The third-order valence-corrected chi connectivity index (χ3v) is 2.82. The van der Waals surface area contributed by atoms with Crippen LogP contribution in [0.4, 0.5) is 0 Å². The fraction of sp³-hybridized carbons (Fsp3) is 0.286. The van der Waals surface area contributed by atoms with Gasteiger partial charge in [-0.05, 0) is 18.2 Å². The molecule has 0 saturated carbocycles. The van der Waals surface area contributed by atoms with Crippen LogP contribution in [0, 0.1) is 11.8 Å². The molecule has 0 amide bonds. The van der Waals surface area contributed by atoms with Crippen molar-refractivity contribution in [2.24, 2.45) is 12.8 Å². The van der Waals surface area contributed by atoms with Crippen molar-refractivity contribution in [2.45, 2.75) is 6.54 Å². The smallest absolute Gasteiger partial charge is 0.345 e. The molecule has 6 heteroatoms. The van der Waals surface area contributed by atoms with Gasteiger partial charge in [-0.2, -0.15) is 5.10 Å². The molecule has 20 heavy (non-hydrogen) atoms. The topological polar surface area (TPSA) is 75.1 Å². The SMILES string of the molecule is COc1ccc(C#CCN)cc1Cn1ncn(C)c1=O. The van der Waals surface area contributed by atoms with E-state index in [0.717, 1.165) is 11.1 Å². The summed E-state index contributed by atoms with van der Waals surface area (Å²) in [5.74, 6) is 6.45. The molecule has 0 unspecified atom stereocenters. The Kier molecular flexibility index (Phi) is 4.23. The number of aryl methyl sites for hydroxylation is 1. The predicted molar refractivity (Wildman–Crippen MR) is 75.5 cm³/mol. The van der Waals surface area contributed by atoms with E-state index in [1.165, 1.54) is 15.6 Å². The second-order valence-corrected chi connectivity index (χ2v) is 4.21. The van der Waals surface area contributed by atoms with Crippen molar-refractivity contribution in [1.29, 1.82) is 0 Å². The molecule has 0 aliphatic rings. The Balaban J connectivity index is 2.38. The van der Waals surface area contributed by atoms with E-state index in [9.17, 15) is 4.79 Å². The zero-order chi connectivity index (χ0) is 14.5. The third-order valence-electron chi connectivity index (χ3n) is 2.82. The maximum Gasteiger partial charge on any atom is 0.345 e. The number of hydrogen-bond acceptors (Lipinski definition) is 4. The zero-order valence-electron chi connectivity index (χ0n) is 11.5. The van der Waals surface area contributed by atoms with Crippen LogP contribution in [0.2, 0.25) is 0 Å². The van der Waals surface area contributed by atoms with Crippen LogP contribution >= 0.6 is 0 Å². The highest BCUT2D eigenvalue weighted by Crippen LogP contribution is 2.20. The highest BCUT2D eigenvalue weighted by molar-refractivity contribution is 5.44. The Labute approximate surface area is 116 Å². The Morgan fingerprint density at radius 2 is 2.25 bits per heavy atom. The van der Waals surface area contributed by atoms with Crippen LogP contribution in [0.1, 0.15) is 11.1 Å². The van der Waals surface area contributed by atoms with Crippen molar-refractivity contribution in [3.8, 4) is 17.6 Å². The number of methoxy groups -OCH3 is 1. The lowest BCUT2D eigenvalue weighted by Gasteiger charge is -2.08. The number of ether oxygens (including phenoxy) is 1. The van der Waals surface area contributed by atoms with E-state index >= 15 is 0 Å². The second-order valence-electron chi connectivity index (χ2n) is 4.21. The Bertz CT molecular complexity index is 719. The van der Waals surface area contributed by atoms with Crippen LogP contribution in [0.3, 0.4) is 0 Å². The molecule has 2 rings (SSSR count). The van der Waals surface area contributed by atoms with Gasteiger partial charge >= 0.3 is 5.69 Å². The number of benzene rings is 1. The van der Waals surface area contributed by atoms with E-state index in [0.29, 0.717) is 18.8 Å². The second kappa shape index (κ2) is 6.08. The first-order chi connectivity index (χ1) is 9.65. The fourth-order valence-corrected chi connectivity index (χ4v) is 1.82. The average molecular weight is 272 g/mol. The maximum atomic E-state index is 11.8. The molecule has 0 bridgehead atoms. The number of hydrogen-bond donors (Lipinski definition) is 1. The number of rotatable bonds is 3. The highest BCUT2D eigenvalue weighted by Gasteiger charge is 2.08. The molecule has 1 aromatic heterocycles. The fourth-order valence-electron chi connectivity index (χ4n) is 1.82. The van der Waals surface area contributed by atoms with E-state index in [1.54, 1.807) is 14.2 Å². The van der Waals surface area contributed by atoms with Crippen LogP contribution in [0.15, 0.2) is 29.3 Å². The van der Waals surface area contributed by atoms with Crippen LogP contribution < -0.4 is 16.2 Å². The van der Waals surface area contributed by atoms with Gasteiger partial charge in [-0.15, -0.1) is 0 Å². The third kappa shape index (κ3) is 2.90. The van der Waals surface area contributed by atoms with Gasteiger partial charge in [-0.3, -0.25) is 4.57 Å². The summed E-state index contributed by atoms with van der Waals surface area (Å²) in [6.45, 7) is 0.641. The van der Waals surface area contributed by atoms with Gasteiger partial charge in [0.1, 0.15) is 12.1 Å². The lowest BCUT2D eigenvalue weighted by Crippen LogP contribution is -2.23. The predicted octanol–water partition coefficient (Wildman–Crippen LogP) is -0.0511. The first-order valence-corrected chi connectivity index (χ1v) is 6.10. The molecule has 0 radical (unpaired) electrons. The van der Waals surface area contributed by atoms with Gasteiger partial charge in [0, 0.05) is 18.2 Å². The van der Waals surface area contributed by atoms with E-state index in [2.05, 4.69) is 16.9 Å². The first kappa shape index (κ1) is 13.9. The van der Waals surface area contributed by atoms with Crippen LogP contribution in [0.25, 0.3) is 0 Å². The minimum atomic E-state index is -0.175. The van der Waals surface area contributed by atoms with Gasteiger partial charge in [-0.1, -0.05) is 11.8 Å². The van der Waals surface area contributed by atoms with Crippen molar-refractivity contribution in [2.75, 3.05) is 13.7 Å². The molecule has 1 aromatic carbocycles. The molecule has 0 atom stereocenters.